The van der Waals surface area contributed by atoms with Gasteiger partial charge in [-0.15, -0.1) is 0 Å². The molecule has 0 amide bonds. The number of hydrogen-bond acceptors (Lipinski definition) is 3. The van der Waals surface area contributed by atoms with E-state index in [0.29, 0.717) is 17.8 Å². The number of hydrogen-bond donors (Lipinski definition) is 1. The molecule has 0 fully saturated rings. The highest BCUT2D eigenvalue weighted by Gasteiger charge is 2.00. The van der Waals surface area contributed by atoms with Gasteiger partial charge in [-0.25, -0.2) is 14.4 Å². The van der Waals surface area contributed by atoms with E-state index in [0.717, 1.165) is 5.56 Å². The van der Waals surface area contributed by atoms with Gasteiger partial charge in [0.15, 0.2) is 0 Å². The highest BCUT2D eigenvalue weighted by molar-refractivity contribution is 5.20. The van der Waals surface area contributed by atoms with Gasteiger partial charge in [-0.1, -0.05) is 12.1 Å². The maximum Gasteiger partial charge on any atom is 0.132 e. The molecule has 1 heterocycles. The van der Waals surface area contributed by atoms with E-state index < -0.39 is 0 Å². The summed E-state index contributed by atoms with van der Waals surface area (Å²) >= 11 is 0. The van der Waals surface area contributed by atoms with Gasteiger partial charge in [0, 0.05) is 24.4 Å². The van der Waals surface area contributed by atoms with Gasteiger partial charge in [0.25, 0.3) is 0 Å². The van der Waals surface area contributed by atoms with E-state index in [1.165, 1.54) is 12.1 Å². The first-order valence-corrected chi connectivity index (χ1v) is 4.93. The van der Waals surface area contributed by atoms with Crippen molar-refractivity contribution in [1.29, 1.82) is 0 Å². The molecule has 0 bridgehead atoms. The largest absolute Gasteiger partial charge is 0.392 e. The van der Waals surface area contributed by atoms with Crippen LogP contribution in [-0.2, 0) is 13.0 Å². The van der Waals surface area contributed by atoms with Gasteiger partial charge in [0.2, 0.25) is 0 Å². The molecule has 4 heteroatoms. The molecule has 0 atom stereocenters. The predicted octanol–water partition coefficient (Wildman–Crippen LogP) is 1.70. The lowest BCUT2D eigenvalue weighted by atomic mass is 10.1. The maximum atomic E-state index is 12.7. The maximum absolute atomic E-state index is 12.7. The number of aliphatic hydroxyl groups is 1. The fraction of sp³-hybridized carbons (Fsp3) is 0.167. The quantitative estimate of drug-likeness (QED) is 0.852. The normalized spacial score (nSPS) is 10.4. The summed E-state index contributed by atoms with van der Waals surface area (Å²) in [5, 5.41) is 8.83. The molecule has 0 aliphatic rings. The zero-order chi connectivity index (χ0) is 11.4. The summed E-state index contributed by atoms with van der Waals surface area (Å²) in [7, 11) is 0. The van der Waals surface area contributed by atoms with Gasteiger partial charge < -0.3 is 5.11 Å². The number of benzene rings is 1. The molecule has 2 rings (SSSR count). The number of aromatic nitrogens is 2. The Balaban J connectivity index is 2.11. The van der Waals surface area contributed by atoms with Crippen LogP contribution in [0, 0.1) is 5.82 Å². The topological polar surface area (TPSA) is 46.0 Å². The van der Waals surface area contributed by atoms with E-state index in [4.69, 9.17) is 5.11 Å². The lowest BCUT2D eigenvalue weighted by Crippen LogP contribution is -1.97. The first-order valence-electron chi connectivity index (χ1n) is 4.93. The van der Waals surface area contributed by atoms with Crippen molar-refractivity contribution in [2.24, 2.45) is 0 Å². The SMILES string of the molecule is OCc1cnc(Cc2ccc(F)cc2)nc1. The lowest BCUT2D eigenvalue weighted by Gasteiger charge is -2.01. The van der Waals surface area contributed by atoms with Crippen molar-refractivity contribution in [3.05, 3.63) is 59.4 Å². The van der Waals surface area contributed by atoms with Crippen LogP contribution in [0.3, 0.4) is 0 Å². The van der Waals surface area contributed by atoms with E-state index in [9.17, 15) is 4.39 Å². The van der Waals surface area contributed by atoms with Crippen LogP contribution in [0.4, 0.5) is 4.39 Å². The Bertz CT molecular complexity index is 453. The summed E-state index contributed by atoms with van der Waals surface area (Å²) in [5.41, 5.74) is 1.64. The molecule has 2 aromatic rings. The second-order valence-electron chi connectivity index (χ2n) is 3.47. The molecule has 0 aliphatic heterocycles. The smallest absolute Gasteiger partial charge is 0.132 e. The van der Waals surface area contributed by atoms with Crippen molar-refractivity contribution in [3.8, 4) is 0 Å². The van der Waals surface area contributed by atoms with Crippen molar-refractivity contribution in [2.75, 3.05) is 0 Å². The zero-order valence-electron chi connectivity index (χ0n) is 8.60. The molecule has 82 valence electrons. The van der Waals surface area contributed by atoms with E-state index in [-0.39, 0.29) is 12.4 Å². The molecule has 0 unspecified atom stereocenters. The van der Waals surface area contributed by atoms with E-state index >= 15 is 0 Å². The molecule has 3 nitrogen and oxygen atoms in total. The average molecular weight is 218 g/mol. The highest BCUT2D eigenvalue weighted by atomic mass is 19.1. The number of aliphatic hydroxyl groups excluding tert-OH is 1. The third kappa shape index (κ3) is 2.61. The lowest BCUT2D eigenvalue weighted by molar-refractivity contribution is 0.280. The van der Waals surface area contributed by atoms with Crippen LogP contribution < -0.4 is 0 Å². The second-order valence-corrected chi connectivity index (χ2v) is 3.47. The van der Waals surface area contributed by atoms with Crippen LogP contribution >= 0.6 is 0 Å². The molecule has 1 N–H and O–H groups in total. The van der Waals surface area contributed by atoms with Gasteiger partial charge in [-0.05, 0) is 17.7 Å². The molecular weight excluding hydrogens is 207 g/mol. The van der Waals surface area contributed by atoms with Crippen LogP contribution in [0.2, 0.25) is 0 Å². The van der Waals surface area contributed by atoms with Crippen molar-refractivity contribution in [3.63, 3.8) is 0 Å². The predicted molar refractivity (Wildman–Crippen MR) is 57.2 cm³/mol. The Morgan fingerprint density at radius 1 is 1.00 bits per heavy atom. The average Bonchev–Trinajstić information content (AvgIpc) is 2.33. The van der Waals surface area contributed by atoms with E-state index in [2.05, 4.69) is 9.97 Å². The fourth-order valence-electron chi connectivity index (χ4n) is 1.34. The van der Waals surface area contributed by atoms with Gasteiger partial charge in [-0.2, -0.15) is 0 Å². The second kappa shape index (κ2) is 4.81. The highest BCUT2D eigenvalue weighted by Crippen LogP contribution is 2.07. The standard InChI is InChI=1S/C12H11FN2O/c13-11-3-1-9(2-4-11)5-12-14-6-10(8-16)7-15-12/h1-4,6-7,16H,5,8H2. The Morgan fingerprint density at radius 2 is 1.62 bits per heavy atom. The van der Waals surface area contributed by atoms with E-state index in [1.807, 2.05) is 0 Å². The molecule has 1 aromatic heterocycles. The van der Waals surface area contributed by atoms with Crippen LogP contribution in [0.25, 0.3) is 0 Å². The summed E-state index contributed by atoms with van der Waals surface area (Å²) < 4.78 is 12.7. The first-order chi connectivity index (χ1) is 7.78. The monoisotopic (exact) mass is 218 g/mol. The van der Waals surface area contributed by atoms with Crippen molar-refractivity contribution < 1.29 is 9.50 Å². The third-order valence-electron chi connectivity index (χ3n) is 2.22. The first kappa shape index (κ1) is 10.7. The molecule has 16 heavy (non-hydrogen) atoms. The van der Waals surface area contributed by atoms with Gasteiger partial charge in [-0.3, -0.25) is 0 Å². The minimum absolute atomic E-state index is 0.0587. The zero-order valence-corrected chi connectivity index (χ0v) is 8.60. The Morgan fingerprint density at radius 3 is 2.19 bits per heavy atom. The summed E-state index contributed by atoms with van der Waals surface area (Å²) in [4.78, 5) is 8.20. The molecular formula is C12H11FN2O. The summed E-state index contributed by atoms with van der Waals surface area (Å²) in [5.74, 6) is 0.407. The number of nitrogens with zero attached hydrogens (tertiary/aromatic N) is 2. The minimum atomic E-state index is -0.250. The molecule has 0 radical (unpaired) electrons. The third-order valence-corrected chi connectivity index (χ3v) is 2.22. The fourth-order valence-corrected chi connectivity index (χ4v) is 1.34. The Hall–Kier alpha value is -1.81. The summed E-state index contributed by atoms with van der Waals surface area (Å²) in [6, 6.07) is 6.24. The molecule has 0 aliphatic carbocycles. The van der Waals surface area contributed by atoms with Gasteiger partial charge >= 0.3 is 0 Å². The van der Waals surface area contributed by atoms with Crippen molar-refractivity contribution >= 4 is 0 Å². The number of halogens is 1. The van der Waals surface area contributed by atoms with Crippen molar-refractivity contribution in [2.45, 2.75) is 13.0 Å². The molecule has 0 spiro atoms. The van der Waals surface area contributed by atoms with Gasteiger partial charge in [0.1, 0.15) is 11.6 Å². The van der Waals surface area contributed by atoms with Crippen LogP contribution in [0.1, 0.15) is 17.0 Å². The Labute approximate surface area is 92.6 Å². The van der Waals surface area contributed by atoms with Crippen LogP contribution in [0.15, 0.2) is 36.7 Å². The van der Waals surface area contributed by atoms with Crippen molar-refractivity contribution in [1.82, 2.24) is 9.97 Å². The van der Waals surface area contributed by atoms with E-state index in [1.54, 1.807) is 24.5 Å². The summed E-state index contributed by atoms with van der Waals surface area (Å²) in [6.45, 7) is -0.0587. The molecule has 1 aromatic carbocycles. The van der Waals surface area contributed by atoms with Gasteiger partial charge in [0.05, 0.1) is 6.61 Å². The Kier molecular flexibility index (Phi) is 3.22. The van der Waals surface area contributed by atoms with Crippen LogP contribution in [-0.4, -0.2) is 15.1 Å². The molecule has 0 saturated heterocycles. The summed E-state index contributed by atoms with van der Waals surface area (Å²) in [6.07, 6.45) is 3.74. The molecule has 0 saturated carbocycles. The number of rotatable bonds is 3. The minimum Gasteiger partial charge on any atom is -0.392 e. The van der Waals surface area contributed by atoms with Crippen LogP contribution in [0.5, 0.6) is 0 Å².